The number of rotatable bonds is 1. The zero-order chi connectivity index (χ0) is 15.3. The summed E-state index contributed by atoms with van der Waals surface area (Å²) < 4.78 is 6.87. The van der Waals surface area contributed by atoms with Crippen LogP contribution >= 0.6 is 0 Å². The molecule has 108 valence electrons. The summed E-state index contributed by atoms with van der Waals surface area (Å²) in [5, 5.41) is 0. The largest absolute Gasteiger partial charge is 0.443 e. The summed E-state index contributed by atoms with van der Waals surface area (Å²) in [6.07, 6.45) is 1.83. The van der Waals surface area contributed by atoms with Gasteiger partial charge < -0.3 is 4.74 Å². The van der Waals surface area contributed by atoms with Gasteiger partial charge in [-0.2, -0.15) is 0 Å². The normalized spacial score (nSPS) is 10.6. The molecule has 0 atom stereocenters. The average molecular weight is 281 g/mol. The molecule has 0 aliphatic heterocycles. The molecule has 0 saturated heterocycles. The van der Waals surface area contributed by atoms with Crippen molar-refractivity contribution < 1.29 is 9.53 Å². The molecular formula is C18H19NO2. The van der Waals surface area contributed by atoms with Gasteiger partial charge in [0.05, 0.1) is 6.42 Å². The highest BCUT2D eigenvalue weighted by atomic mass is 16.6. The minimum Gasteiger partial charge on any atom is -0.443 e. The molecule has 21 heavy (non-hydrogen) atoms. The summed E-state index contributed by atoms with van der Waals surface area (Å²) in [6.45, 7) is 5.55. The highest BCUT2D eigenvalue weighted by molar-refractivity contribution is 5.72. The summed E-state index contributed by atoms with van der Waals surface area (Å²) in [7, 11) is 0. The molecule has 3 nitrogen and oxygen atoms in total. The van der Waals surface area contributed by atoms with Crippen LogP contribution in [-0.2, 0) is 11.2 Å². The van der Waals surface area contributed by atoms with Crippen molar-refractivity contribution in [3.05, 3.63) is 59.9 Å². The Bertz CT molecular complexity index is 666. The molecule has 0 N–H and O–H groups in total. The minimum atomic E-state index is -0.506. The van der Waals surface area contributed by atoms with Gasteiger partial charge in [0.2, 0.25) is 0 Å². The van der Waals surface area contributed by atoms with Crippen molar-refractivity contribution in [2.24, 2.45) is 0 Å². The summed E-state index contributed by atoms with van der Waals surface area (Å²) in [5.41, 5.74) is 1.29. The molecule has 0 bridgehead atoms. The standard InChI is InChI=1S/C18H19NO2/c1-18(2,3)21-17(20)19-14-8-13-16(19)12-7-11-15-9-5-4-6-10-15/h4-6,8-10,13-14H,12H2,1-3H3. The van der Waals surface area contributed by atoms with Crippen LogP contribution in [0.1, 0.15) is 32.0 Å². The van der Waals surface area contributed by atoms with Crippen LogP contribution in [0.5, 0.6) is 0 Å². The highest BCUT2D eigenvalue weighted by Crippen LogP contribution is 2.11. The van der Waals surface area contributed by atoms with E-state index in [0.29, 0.717) is 6.42 Å². The molecule has 0 aliphatic carbocycles. The number of hydrogen-bond acceptors (Lipinski definition) is 2. The Balaban J connectivity index is 2.08. The fraction of sp³-hybridized carbons (Fsp3) is 0.278. The molecule has 0 amide bonds. The first-order valence-corrected chi connectivity index (χ1v) is 6.89. The van der Waals surface area contributed by atoms with Gasteiger partial charge in [-0.3, -0.25) is 4.57 Å². The van der Waals surface area contributed by atoms with E-state index in [4.69, 9.17) is 4.74 Å². The van der Waals surface area contributed by atoms with Crippen molar-refractivity contribution in [2.75, 3.05) is 0 Å². The van der Waals surface area contributed by atoms with E-state index < -0.39 is 5.60 Å². The average Bonchev–Trinajstić information content (AvgIpc) is 2.86. The summed E-state index contributed by atoms with van der Waals surface area (Å²) in [5.74, 6) is 6.17. The van der Waals surface area contributed by atoms with Crippen molar-refractivity contribution in [3.63, 3.8) is 0 Å². The first-order valence-electron chi connectivity index (χ1n) is 6.89. The maximum atomic E-state index is 12.1. The van der Waals surface area contributed by atoms with Gasteiger partial charge in [-0.1, -0.05) is 30.0 Å². The van der Waals surface area contributed by atoms with Crippen LogP contribution in [-0.4, -0.2) is 16.3 Å². The topological polar surface area (TPSA) is 31.2 Å². The van der Waals surface area contributed by atoms with Crippen molar-refractivity contribution in [3.8, 4) is 11.8 Å². The maximum Gasteiger partial charge on any atom is 0.418 e. The fourth-order valence-electron chi connectivity index (χ4n) is 1.81. The Morgan fingerprint density at radius 3 is 2.52 bits per heavy atom. The van der Waals surface area contributed by atoms with E-state index in [9.17, 15) is 4.79 Å². The van der Waals surface area contributed by atoms with Crippen LogP contribution in [0.2, 0.25) is 0 Å². The second kappa shape index (κ2) is 6.32. The Labute approximate surface area is 125 Å². The lowest BCUT2D eigenvalue weighted by Gasteiger charge is -2.20. The SMILES string of the molecule is CC(C)(C)OC(=O)n1cccc1CC#Cc1ccccc1. The number of nitrogens with zero attached hydrogens (tertiary/aromatic N) is 1. The van der Waals surface area contributed by atoms with Crippen LogP contribution in [0.3, 0.4) is 0 Å². The second-order valence-corrected chi connectivity index (χ2v) is 5.69. The molecule has 2 aromatic rings. The molecule has 0 unspecified atom stereocenters. The summed E-state index contributed by atoms with van der Waals surface area (Å²) in [6, 6.07) is 13.5. The first kappa shape index (κ1) is 14.9. The van der Waals surface area contributed by atoms with Gasteiger partial charge in [0.15, 0.2) is 0 Å². The molecule has 2 rings (SSSR count). The zero-order valence-corrected chi connectivity index (χ0v) is 12.6. The lowest BCUT2D eigenvalue weighted by molar-refractivity contribution is 0.0533. The Morgan fingerprint density at radius 2 is 1.86 bits per heavy atom. The molecule has 0 aliphatic rings. The van der Waals surface area contributed by atoms with Crippen molar-refractivity contribution in [1.82, 2.24) is 4.57 Å². The van der Waals surface area contributed by atoms with Gasteiger partial charge in [0.1, 0.15) is 5.60 Å². The molecule has 1 aromatic carbocycles. The van der Waals surface area contributed by atoms with Crippen molar-refractivity contribution in [1.29, 1.82) is 0 Å². The summed E-state index contributed by atoms with van der Waals surface area (Å²) >= 11 is 0. The van der Waals surface area contributed by atoms with Crippen LogP contribution in [0.4, 0.5) is 4.79 Å². The quantitative estimate of drug-likeness (QED) is 0.743. The number of aromatic nitrogens is 1. The van der Waals surface area contributed by atoms with Crippen LogP contribution in [0.25, 0.3) is 0 Å². The number of carbonyl (C=O) groups excluding carboxylic acids is 1. The third-order valence-corrected chi connectivity index (χ3v) is 2.70. The second-order valence-electron chi connectivity index (χ2n) is 5.69. The van der Waals surface area contributed by atoms with E-state index in [2.05, 4.69) is 11.8 Å². The molecule has 0 spiro atoms. The fourth-order valence-corrected chi connectivity index (χ4v) is 1.81. The van der Waals surface area contributed by atoms with E-state index in [1.165, 1.54) is 4.57 Å². The van der Waals surface area contributed by atoms with Gasteiger partial charge in [-0.15, -0.1) is 0 Å². The highest BCUT2D eigenvalue weighted by Gasteiger charge is 2.18. The lowest BCUT2D eigenvalue weighted by atomic mass is 10.2. The Kier molecular flexibility index (Phi) is 4.49. The number of ether oxygens (including phenoxy) is 1. The number of hydrogen-bond donors (Lipinski definition) is 0. The molecule has 1 heterocycles. The molecule has 1 aromatic heterocycles. The molecule has 0 saturated carbocycles. The minimum absolute atomic E-state index is 0.371. The lowest BCUT2D eigenvalue weighted by Crippen LogP contribution is -2.27. The van der Waals surface area contributed by atoms with Crippen molar-refractivity contribution >= 4 is 6.09 Å². The summed E-state index contributed by atoms with van der Waals surface area (Å²) in [4.78, 5) is 12.1. The predicted molar refractivity (Wildman–Crippen MR) is 83.1 cm³/mol. The van der Waals surface area contributed by atoms with E-state index in [0.717, 1.165) is 11.3 Å². The molecular weight excluding hydrogens is 262 g/mol. The van der Waals surface area contributed by atoms with E-state index in [1.807, 2.05) is 63.2 Å². The first-order chi connectivity index (χ1) is 9.96. The Hall–Kier alpha value is -2.47. The van der Waals surface area contributed by atoms with Gasteiger partial charge in [-0.25, -0.2) is 4.79 Å². The third kappa shape index (κ3) is 4.54. The maximum absolute atomic E-state index is 12.1. The van der Waals surface area contributed by atoms with Gasteiger partial charge in [-0.05, 0) is 45.0 Å². The van der Waals surface area contributed by atoms with Gasteiger partial charge >= 0.3 is 6.09 Å². The van der Waals surface area contributed by atoms with Gasteiger partial charge in [0.25, 0.3) is 0 Å². The molecule has 0 fully saturated rings. The molecule has 3 heteroatoms. The van der Waals surface area contributed by atoms with E-state index in [1.54, 1.807) is 6.20 Å². The van der Waals surface area contributed by atoms with Crippen LogP contribution < -0.4 is 0 Å². The third-order valence-electron chi connectivity index (χ3n) is 2.70. The Morgan fingerprint density at radius 1 is 1.14 bits per heavy atom. The zero-order valence-electron chi connectivity index (χ0n) is 12.6. The monoisotopic (exact) mass is 281 g/mol. The van der Waals surface area contributed by atoms with E-state index >= 15 is 0 Å². The van der Waals surface area contributed by atoms with Gasteiger partial charge in [0, 0.05) is 17.5 Å². The smallest absolute Gasteiger partial charge is 0.418 e. The number of carbonyl (C=O) groups is 1. The van der Waals surface area contributed by atoms with E-state index in [-0.39, 0.29) is 6.09 Å². The van der Waals surface area contributed by atoms with Crippen LogP contribution in [0, 0.1) is 11.8 Å². The van der Waals surface area contributed by atoms with Crippen LogP contribution in [0.15, 0.2) is 48.7 Å². The van der Waals surface area contributed by atoms with Crippen molar-refractivity contribution in [2.45, 2.75) is 32.8 Å². The molecule has 0 radical (unpaired) electrons. The number of benzene rings is 1. The predicted octanol–water partition coefficient (Wildman–Crippen LogP) is 3.87.